The molecule has 2 N–H and O–H groups in total. The number of rotatable bonds is 7. The largest absolute Gasteiger partial charge is 0.396 e. The number of carbonyl (C=O) groups is 1. The van der Waals surface area contributed by atoms with E-state index >= 15 is 0 Å². The second-order valence-corrected chi connectivity index (χ2v) is 5.42. The third kappa shape index (κ3) is 4.45. The minimum absolute atomic E-state index is 0.0572. The summed E-state index contributed by atoms with van der Waals surface area (Å²) >= 11 is 5.74. The van der Waals surface area contributed by atoms with Gasteiger partial charge >= 0.3 is 0 Å². The fourth-order valence-electron chi connectivity index (χ4n) is 1.67. The highest BCUT2D eigenvalue weighted by Crippen LogP contribution is 2.20. The Labute approximate surface area is 123 Å². The third-order valence-corrected chi connectivity index (χ3v) is 3.86. The van der Waals surface area contributed by atoms with E-state index in [9.17, 15) is 13.2 Å². The summed E-state index contributed by atoms with van der Waals surface area (Å²) in [5, 5.41) is 17.8. The Morgan fingerprint density at radius 1 is 1.20 bits per heavy atom. The molecule has 0 spiro atoms. The number of carbonyl (C=O) groups excluding carboxylic acids is 1. The van der Waals surface area contributed by atoms with Crippen molar-refractivity contribution in [1.29, 1.82) is 0 Å². The van der Waals surface area contributed by atoms with Crippen molar-refractivity contribution in [3.63, 3.8) is 0 Å². The molecule has 1 rings (SSSR count). The van der Waals surface area contributed by atoms with E-state index in [1.54, 1.807) is 0 Å². The van der Waals surface area contributed by atoms with Gasteiger partial charge in [0.05, 0.1) is 16.5 Å². The SMILES string of the molecule is O=C(c1ccc(Cl)c([SH](=O)=O)c1)N(CCO)CCCO. The molecule has 0 heterocycles. The molecular formula is C12H16ClNO5S. The van der Waals surface area contributed by atoms with Gasteiger partial charge in [-0.2, -0.15) is 0 Å². The Bertz CT molecular complexity index is 539. The second kappa shape index (κ2) is 8.21. The predicted molar refractivity (Wildman–Crippen MR) is 74.7 cm³/mol. The Kier molecular flexibility index (Phi) is 6.94. The Morgan fingerprint density at radius 2 is 1.90 bits per heavy atom. The predicted octanol–water partition coefficient (Wildman–Crippen LogP) is 0.127. The summed E-state index contributed by atoms with van der Waals surface area (Å²) in [6, 6.07) is 3.98. The molecule has 1 aromatic rings. The molecule has 1 amide bonds. The number of thiol groups is 1. The smallest absolute Gasteiger partial charge is 0.253 e. The fourth-order valence-corrected chi connectivity index (χ4v) is 2.48. The highest BCUT2D eigenvalue weighted by molar-refractivity contribution is 7.72. The molecule has 0 aliphatic heterocycles. The van der Waals surface area contributed by atoms with Gasteiger partial charge in [-0.1, -0.05) is 11.6 Å². The van der Waals surface area contributed by atoms with Crippen LogP contribution in [-0.2, 0) is 10.7 Å². The number of amides is 1. The first-order valence-corrected chi connectivity index (χ1v) is 7.51. The molecule has 6 nitrogen and oxygen atoms in total. The first-order chi connectivity index (χ1) is 9.51. The van der Waals surface area contributed by atoms with E-state index in [1.165, 1.54) is 23.1 Å². The number of benzene rings is 1. The normalized spacial score (nSPS) is 10.8. The van der Waals surface area contributed by atoms with E-state index in [1.807, 2.05) is 0 Å². The van der Waals surface area contributed by atoms with Crippen molar-refractivity contribution in [1.82, 2.24) is 4.90 Å². The molecular weight excluding hydrogens is 306 g/mol. The van der Waals surface area contributed by atoms with Gasteiger partial charge in [-0.3, -0.25) is 4.79 Å². The van der Waals surface area contributed by atoms with Crippen LogP contribution in [-0.4, -0.2) is 55.7 Å². The molecule has 112 valence electrons. The van der Waals surface area contributed by atoms with Gasteiger partial charge in [0.1, 0.15) is 0 Å². The molecule has 0 saturated carbocycles. The van der Waals surface area contributed by atoms with Crippen LogP contribution in [0.25, 0.3) is 0 Å². The molecule has 0 aliphatic rings. The molecule has 0 atom stereocenters. The number of halogens is 1. The lowest BCUT2D eigenvalue weighted by molar-refractivity contribution is 0.0710. The van der Waals surface area contributed by atoms with Crippen LogP contribution in [0.3, 0.4) is 0 Å². The lowest BCUT2D eigenvalue weighted by atomic mass is 10.2. The summed E-state index contributed by atoms with van der Waals surface area (Å²) in [5.74, 6) is -0.415. The summed E-state index contributed by atoms with van der Waals surface area (Å²) in [6.45, 7) is 0.0958. The van der Waals surface area contributed by atoms with Gasteiger partial charge in [0.15, 0.2) is 10.7 Å². The van der Waals surface area contributed by atoms with Gasteiger partial charge in [-0.15, -0.1) is 0 Å². The molecule has 0 aromatic heterocycles. The van der Waals surface area contributed by atoms with Crippen LogP contribution in [0.2, 0.25) is 5.02 Å². The van der Waals surface area contributed by atoms with Gasteiger partial charge < -0.3 is 15.1 Å². The molecule has 8 heteroatoms. The van der Waals surface area contributed by atoms with Crippen LogP contribution in [0.5, 0.6) is 0 Å². The van der Waals surface area contributed by atoms with Crippen LogP contribution >= 0.6 is 11.6 Å². The topological polar surface area (TPSA) is 94.9 Å². The molecule has 0 bridgehead atoms. The zero-order valence-corrected chi connectivity index (χ0v) is 12.3. The quantitative estimate of drug-likeness (QED) is 0.620. The summed E-state index contributed by atoms with van der Waals surface area (Å²) in [5.41, 5.74) is 0.176. The van der Waals surface area contributed by atoms with E-state index < -0.39 is 16.6 Å². The zero-order chi connectivity index (χ0) is 15.1. The van der Waals surface area contributed by atoms with Gasteiger partial charge in [0, 0.05) is 25.3 Å². The molecule has 0 aliphatic carbocycles. The van der Waals surface area contributed by atoms with Crippen molar-refractivity contribution >= 4 is 28.2 Å². The van der Waals surface area contributed by atoms with Gasteiger partial charge in [-0.05, 0) is 24.6 Å². The number of aliphatic hydroxyl groups excluding tert-OH is 2. The summed E-state index contributed by atoms with van der Waals surface area (Å²) < 4.78 is 22.0. The minimum atomic E-state index is -2.89. The van der Waals surface area contributed by atoms with E-state index in [0.717, 1.165) is 0 Å². The highest BCUT2D eigenvalue weighted by Gasteiger charge is 2.16. The van der Waals surface area contributed by atoms with Gasteiger partial charge in [0.25, 0.3) is 5.91 Å². The third-order valence-electron chi connectivity index (χ3n) is 2.63. The molecule has 20 heavy (non-hydrogen) atoms. The highest BCUT2D eigenvalue weighted by atomic mass is 35.5. The Balaban J connectivity index is 3.02. The maximum Gasteiger partial charge on any atom is 0.253 e. The molecule has 0 radical (unpaired) electrons. The van der Waals surface area contributed by atoms with Crippen molar-refractivity contribution in [3.05, 3.63) is 28.8 Å². The lowest BCUT2D eigenvalue weighted by Gasteiger charge is -2.21. The first kappa shape index (κ1) is 16.9. The number of hydrogen-bond donors (Lipinski definition) is 3. The van der Waals surface area contributed by atoms with E-state index in [0.29, 0.717) is 6.42 Å². The average molecular weight is 322 g/mol. The monoisotopic (exact) mass is 321 g/mol. The maximum absolute atomic E-state index is 12.2. The fraction of sp³-hybridized carbons (Fsp3) is 0.417. The van der Waals surface area contributed by atoms with Crippen molar-refractivity contribution in [2.45, 2.75) is 11.3 Å². The minimum Gasteiger partial charge on any atom is -0.396 e. The lowest BCUT2D eigenvalue weighted by Crippen LogP contribution is -2.34. The molecule has 0 fully saturated rings. The number of hydrogen-bond acceptors (Lipinski definition) is 5. The number of aliphatic hydroxyl groups is 2. The summed E-state index contributed by atoms with van der Waals surface area (Å²) in [4.78, 5) is 13.5. The van der Waals surface area contributed by atoms with E-state index in [-0.39, 0.29) is 41.8 Å². The van der Waals surface area contributed by atoms with E-state index in [4.69, 9.17) is 21.8 Å². The molecule has 1 aromatic carbocycles. The second-order valence-electron chi connectivity index (χ2n) is 4.02. The van der Waals surface area contributed by atoms with Crippen molar-refractivity contribution in [3.8, 4) is 0 Å². The molecule has 0 saturated heterocycles. The molecule has 0 unspecified atom stereocenters. The first-order valence-electron chi connectivity index (χ1n) is 5.96. The average Bonchev–Trinajstić information content (AvgIpc) is 2.43. The van der Waals surface area contributed by atoms with Gasteiger partial charge in [-0.25, -0.2) is 8.42 Å². The van der Waals surface area contributed by atoms with Gasteiger partial charge in [0.2, 0.25) is 0 Å². The Hall–Kier alpha value is -1.15. The van der Waals surface area contributed by atoms with Crippen LogP contribution in [0.1, 0.15) is 16.8 Å². The Morgan fingerprint density at radius 3 is 2.45 bits per heavy atom. The standard InChI is InChI=1S/C12H16ClNO5S/c13-10-3-2-9(8-11(10)20(18)19)12(17)14(5-7-16)4-1-6-15/h2-3,8,15-16,20H,1,4-7H2. The van der Waals surface area contributed by atoms with E-state index in [2.05, 4.69) is 0 Å². The summed E-state index contributed by atoms with van der Waals surface area (Å²) in [7, 11) is -2.89. The van der Waals surface area contributed by atoms with Crippen LogP contribution in [0, 0.1) is 0 Å². The zero-order valence-electron chi connectivity index (χ0n) is 10.7. The van der Waals surface area contributed by atoms with Crippen molar-refractivity contribution < 1.29 is 23.4 Å². The van der Waals surface area contributed by atoms with Crippen LogP contribution in [0.15, 0.2) is 23.1 Å². The number of nitrogens with zero attached hydrogens (tertiary/aromatic N) is 1. The van der Waals surface area contributed by atoms with Crippen molar-refractivity contribution in [2.75, 3.05) is 26.3 Å². The van der Waals surface area contributed by atoms with Crippen molar-refractivity contribution in [2.24, 2.45) is 0 Å². The summed E-state index contributed by atoms with van der Waals surface area (Å²) in [6.07, 6.45) is 0.377. The van der Waals surface area contributed by atoms with Crippen LogP contribution in [0.4, 0.5) is 0 Å². The van der Waals surface area contributed by atoms with Crippen LogP contribution < -0.4 is 0 Å². The maximum atomic E-state index is 12.2.